The molecule has 0 saturated carbocycles. The first-order chi connectivity index (χ1) is 8.72. The number of ether oxygens (including phenoxy) is 1. The van der Waals surface area contributed by atoms with Gasteiger partial charge in [-0.1, -0.05) is 31.5 Å². The summed E-state index contributed by atoms with van der Waals surface area (Å²) in [6, 6.07) is 9.24. The summed E-state index contributed by atoms with van der Waals surface area (Å²) < 4.78 is 5.30. The van der Waals surface area contributed by atoms with Crippen molar-refractivity contribution in [1.82, 2.24) is 5.43 Å². The molecule has 0 aliphatic carbocycles. The lowest BCUT2D eigenvalue weighted by molar-refractivity contribution is -0.123. The van der Waals surface area contributed by atoms with Crippen LogP contribution >= 0.6 is 0 Å². The van der Waals surface area contributed by atoms with E-state index in [1.54, 1.807) is 0 Å². The monoisotopic (exact) mass is 248 g/mol. The van der Waals surface area contributed by atoms with Gasteiger partial charge in [0.2, 0.25) is 0 Å². The van der Waals surface area contributed by atoms with Crippen LogP contribution in [0.4, 0.5) is 0 Å². The molecule has 0 aliphatic rings. The van der Waals surface area contributed by atoms with Crippen molar-refractivity contribution in [2.24, 2.45) is 5.10 Å². The number of amides is 1. The number of hydrogen-bond acceptors (Lipinski definition) is 3. The number of unbranched alkanes of at least 4 members (excludes halogenated alkanes) is 1. The minimum Gasteiger partial charge on any atom is -0.484 e. The first-order valence-corrected chi connectivity index (χ1v) is 6.22. The highest BCUT2D eigenvalue weighted by molar-refractivity contribution is 5.84. The zero-order chi connectivity index (χ0) is 13.2. The number of carbonyl (C=O) groups excluding carboxylic acids is 1. The molecule has 4 nitrogen and oxygen atoms in total. The third-order valence-corrected chi connectivity index (χ3v) is 2.38. The lowest BCUT2D eigenvalue weighted by atomic mass is 10.2. The van der Waals surface area contributed by atoms with Crippen LogP contribution in [0.5, 0.6) is 5.75 Å². The van der Waals surface area contributed by atoms with Crippen molar-refractivity contribution in [1.29, 1.82) is 0 Å². The van der Waals surface area contributed by atoms with Gasteiger partial charge in [0.25, 0.3) is 5.91 Å². The Morgan fingerprint density at radius 2 is 2.06 bits per heavy atom. The van der Waals surface area contributed by atoms with E-state index in [0.717, 1.165) is 25.0 Å². The quantitative estimate of drug-likeness (QED) is 0.596. The fourth-order valence-electron chi connectivity index (χ4n) is 1.34. The highest BCUT2D eigenvalue weighted by Crippen LogP contribution is 2.07. The molecule has 0 spiro atoms. The second kappa shape index (κ2) is 8.28. The van der Waals surface area contributed by atoms with Gasteiger partial charge in [-0.15, -0.1) is 0 Å². The summed E-state index contributed by atoms with van der Waals surface area (Å²) in [5, 5.41) is 4.01. The van der Waals surface area contributed by atoms with Gasteiger partial charge in [-0.25, -0.2) is 5.43 Å². The van der Waals surface area contributed by atoms with E-state index >= 15 is 0 Å². The Hall–Kier alpha value is -1.84. The Bertz CT molecular complexity index is 388. The molecule has 0 fully saturated rings. The summed E-state index contributed by atoms with van der Waals surface area (Å²) >= 11 is 0. The minimum absolute atomic E-state index is 0.0193. The van der Waals surface area contributed by atoms with Crippen molar-refractivity contribution in [3.63, 3.8) is 0 Å². The third-order valence-electron chi connectivity index (χ3n) is 2.38. The Labute approximate surface area is 108 Å². The summed E-state index contributed by atoms with van der Waals surface area (Å²) in [6.45, 7) is 4.02. The molecule has 0 aliphatic heterocycles. The van der Waals surface area contributed by atoms with Gasteiger partial charge in [-0.2, -0.15) is 5.10 Å². The lowest BCUT2D eigenvalue weighted by Gasteiger charge is -2.05. The highest BCUT2D eigenvalue weighted by atomic mass is 16.5. The average molecular weight is 248 g/mol. The molecule has 1 rings (SSSR count). The van der Waals surface area contributed by atoms with Crippen molar-refractivity contribution in [3.05, 3.63) is 30.3 Å². The molecule has 0 saturated heterocycles. The molecule has 4 heteroatoms. The number of nitrogens with one attached hydrogen (secondary N) is 1. The Morgan fingerprint density at radius 1 is 1.33 bits per heavy atom. The van der Waals surface area contributed by atoms with Gasteiger partial charge in [-0.3, -0.25) is 4.79 Å². The predicted molar refractivity (Wildman–Crippen MR) is 72.7 cm³/mol. The van der Waals surface area contributed by atoms with E-state index in [1.807, 2.05) is 37.3 Å². The Balaban J connectivity index is 2.25. The van der Waals surface area contributed by atoms with Crippen molar-refractivity contribution >= 4 is 11.6 Å². The fraction of sp³-hybridized carbons (Fsp3) is 0.429. The van der Waals surface area contributed by atoms with Gasteiger partial charge >= 0.3 is 0 Å². The summed E-state index contributed by atoms with van der Waals surface area (Å²) in [5.74, 6) is 0.439. The van der Waals surface area contributed by atoms with Crippen LogP contribution in [-0.2, 0) is 4.79 Å². The van der Waals surface area contributed by atoms with Crippen LogP contribution in [0.25, 0.3) is 0 Å². The molecule has 0 radical (unpaired) electrons. The molecule has 1 N–H and O–H groups in total. The van der Waals surface area contributed by atoms with Gasteiger partial charge in [-0.05, 0) is 31.9 Å². The maximum atomic E-state index is 11.5. The molecule has 0 bridgehead atoms. The largest absolute Gasteiger partial charge is 0.484 e. The zero-order valence-corrected chi connectivity index (χ0v) is 11.0. The van der Waals surface area contributed by atoms with Gasteiger partial charge in [0, 0.05) is 5.71 Å². The average Bonchev–Trinajstić information content (AvgIpc) is 2.41. The van der Waals surface area contributed by atoms with Crippen LogP contribution < -0.4 is 10.2 Å². The molecule has 1 amide bonds. The molecule has 0 heterocycles. The van der Waals surface area contributed by atoms with E-state index in [1.165, 1.54) is 0 Å². The number of hydrazone groups is 1. The molecular weight excluding hydrogens is 228 g/mol. The van der Waals surface area contributed by atoms with Crippen LogP contribution in [0.15, 0.2) is 35.4 Å². The normalized spacial score (nSPS) is 11.1. The maximum absolute atomic E-state index is 11.5. The number of para-hydroxylation sites is 1. The molecule has 98 valence electrons. The first kappa shape index (κ1) is 14.2. The minimum atomic E-state index is -0.241. The number of rotatable bonds is 7. The molecule has 18 heavy (non-hydrogen) atoms. The zero-order valence-electron chi connectivity index (χ0n) is 11.0. The second-order valence-corrected chi connectivity index (χ2v) is 4.09. The van der Waals surface area contributed by atoms with Gasteiger partial charge < -0.3 is 4.74 Å². The SMILES string of the molecule is CCCCC(C)=NNC(=O)COc1ccccc1. The summed E-state index contributed by atoms with van der Waals surface area (Å²) in [6.07, 6.45) is 3.12. The van der Waals surface area contributed by atoms with E-state index in [-0.39, 0.29) is 12.5 Å². The maximum Gasteiger partial charge on any atom is 0.277 e. The van der Waals surface area contributed by atoms with Crippen LogP contribution in [0.2, 0.25) is 0 Å². The summed E-state index contributed by atoms with van der Waals surface area (Å²) in [7, 11) is 0. The Kier molecular flexibility index (Phi) is 6.54. The van der Waals surface area contributed by atoms with Gasteiger partial charge in [0.05, 0.1) is 0 Å². The fourth-order valence-corrected chi connectivity index (χ4v) is 1.34. The van der Waals surface area contributed by atoms with Crippen LogP contribution in [-0.4, -0.2) is 18.2 Å². The van der Waals surface area contributed by atoms with E-state index < -0.39 is 0 Å². The molecule has 0 aromatic heterocycles. The third kappa shape index (κ3) is 6.03. The molecule has 1 aromatic rings. The molecule has 0 atom stereocenters. The van der Waals surface area contributed by atoms with Gasteiger partial charge in [0.1, 0.15) is 5.75 Å². The summed E-state index contributed by atoms with van der Waals surface area (Å²) in [5.41, 5.74) is 3.42. The number of hydrogen-bond donors (Lipinski definition) is 1. The standard InChI is InChI=1S/C14H20N2O2/c1-3-4-8-12(2)15-16-14(17)11-18-13-9-6-5-7-10-13/h5-7,9-10H,3-4,8,11H2,1-2H3,(H,16,17). The molecule has 1 aromatic carbocycles. The van der Waals surface area contributed by atoms with Crippen molar-refractivity contribution in [2.75, 3.05) is 6.61 Å². The Morgan fingerprint density at radius 3 is 2.72 bits per heavy atom. The predicted octanol–water partition coefficient (Wildman–Crippen LogP) is 2.75. The van der Waals surface area contributed by atoms with Crippen molar-refractivity contribution in [2.45, 2.75) is 33.1 Å². The number of carbonyl (C=O) groups is 1. The van der Waals surface area contributed by atoms with Crippen LogP contribution in [0.3, 0.4) is 0 Å². The van der Waals surface area contributed by atoms with Crippen molar-refractivity contribution in [3.8, 4) is 5.75 Å². The van der Waals surface area contributed by atoms with E-state index in [9.17, 15) is 4.79 Å². The van der Waals surface area contributed by atoms with E-state index in [2.05, 4.69) is 17.5 Å². The number of nitrogens with zero attached hydrogens (tertiary/aromatic N) is 1. The van der Waals surface area contributed by atoms with E-state index in [4.69, 9.17) is 4.74 Å². The topological polar surface area (TPSA) is 50.7 Å². The van der Waals surface area contributed by atoms with Gasteiger partial charge in [0.15, 0.2) is 6.61 Å². The highest BCUT2D eigenvalue weighted by Gasteiger charge is 2.01. The van der Waals surface area contributed by atoms with Crippen molar-refractivity contribution < 1.29 is 9.53 Å². The summed E-state index contributed by atoms with van der Waals surface area (Å²) in [4.78, 5) is 11.5. The second-order valence-electron chi connectivity index (χ2n) is 4.09. The molecule has 0 unspecified atom stereocenters. The van der Waals surface area contributed by atoms with E-state index in [0.29, 0.717) is 5.75 Å². The lowest BCUT2D eigenvalue weighted by Crippen LogP contribution is -2.25. The molecular formula is C14H20N2O2. The van der Waals surface area contributed by atoms with Crippen LogP contribution in [0, 0.1) is 0 Å². The smallest absolute Gasteiger partial charge is 0.277 e. The number of benzene rings is 1. The first-order valence-electron chi connectivity index (χ1n) is 6.22. The van der Waals surface area contributed by atoms with Crippen LogP contribution in [0.1, 0.15) is 33.1 Å².